The molecule has 0 bridgehead atoms. The Hall–Kier alpha value is -3.56. The summed E-state index contributed by atoms with van der Waals surface area (Å²) in [5.41, 5.74) is 2.66. The lowest BCUT2D eigenvalue weighted by atomic mass is 9.98. The van der Waals surface area contributed by atoms with Gasteiger partial charge in [0.15, 0.2) is 5.01 Å². The van der Waals surface area contributed by atoms with Gasteiger partial charge >= 0.3 is 0 Å². The minimum Gasteiger partial charge on any atom is -0.345 e. The smallest absolute Gasteiger partial charge is 0.280 e. The van der Waals surface area contributed by atoms with Crippen LogP contribution in [0.5, 0.6) is 0 Å². The second-order valence-corrected chi connectivity index (χ2v) is 9.39. The van der Waals surface area contributed by atoms with Gasteiger partial charge in [0.1, 0.15) is 0 Å². The number of para-hydroxylation sites is 1. The predicted molar refractivity (Wildman–Crippen MR) is 126 cm³/mol. The molecule has 8 nitrogen and oxygen atoms in total. The van der Waals surface area contributed by atoms with Crippen molar-refractivity contribution >= 4 is 34.1 Å². The van der Waals surface area contributed by atoms with Crippen molar-refractivity contribution in [1.82, 2.24) is 29.9 Å². The van der Waals surface area contributed by atoms with E-state index in [0.29, 0.717) is 29.7 Å². The zero-order valence-corrected chi connectivity index (χ0v) is 18.6. The SMILES string of the molecule is O=C(NC1CN(C2CN(C(=O)c3ccc4c(cnn4-c4ccccc4)c3)C2)C1)c1nccs1. The number of thiazole rings is 1. The van der Waals surface area contributed by atoms with Gasteiger partial charge in [0.2, 0.25) is 0 Å². The van der Waals surface area contributed by atoms with E-state index in [1.165, 1.54) is 11.3 Å². The first-order valence-electron chi connectivity index (χ1n) is 10.9. The summed E-state index contributed by atoms with van der Waals surface area (Å²) in [6.07, 6.45) is 3.44. The van der Waals surface area contributed by atoms with Gasteiger partial charge in [0, 0.05) is 54.7 Å². The van der Waals surface area contributed by atoms with Gasteiger partial charge in [-0.05, 0) is 30.3 Å². The van der Waals surface area contributed by atoms with Crippen molar-refractivity contribution in [3.05, 3.63) is 76.9 Å². The molecule has 2 aromatic heterocycles. The Balaban J connectivity index is 1.04. The van der Waals surface area contributed by atoms with Crippen LogP contribution in [0.3, 0.4) is 0 Å². The lowest BCUT2D eigenvalue weighted by molar-refractivity contribution is -0.00940. The highest BCUT2D eigenvalue weighted by molar-refractivity contribution is 7.11. The highest BCUT2D eigenvalue weighted by Gasteiger charge is 2.41. The summed E-state index contributed by atoms with van der Waals surface area (Å²) in [7, 11) is 0. The highest BCUT2D eigenvalue weighted by atomic mass is 32.1. The van der Waals surface area contributed by atoms with Gasteiger partial charge in [-0.25, -0.2) is 9.67 Å². The molecule has 4 aromatic rings. The molecule has 2 amide bonds. The minimum atomic E-state index is -0.106. The molecule has 0 atom stereocenters. The predicted octanol–water partition coefficient (Wildman–Crippen LogP) is 2.42. The molecule has 0 unspecified atom stereocenters. The molecule has 2 fully saturated rings. The largest absolute Gasteiger partial charge is 0.345 e. The number of aromatic nitrogens is 3. The molecule has 33 heavy (non-hydrogen) atoms. The standard InChI is InChI=1S/C24H22N6O2S/c31-22(23-25-8-9-33-23)27-18-12-28(13-18)20-14-29(15-20)24(32)16-6-7-21-17(10-16)11-26-30(21)19-4-2-1-3-5-19/h1-11,18,20H,12-15H2,(H,27,31). The molecule has 0 saturated carbocycles. The average molecular weight is 459 g/mol. The molecule has 2 aliphatic heterocycles. The van der Waals surface area contributed by atoms with E-state index in [1.54, 1.807) is 17.8 Å². The van der Waals surface area contributed by atoms with Gasteiger partial charge in [-0.3, -0.25) is 14.5 Å². The van der Waals surface area contributed by atoms with E-state index in [2.05, 4.69) is 20.3 Å². The second kappa shape index (κ2) is 8.09. The van der Waals surface area contributed by atoms with Crippen molar-refractivity contribution in [2.45, 2.75) is 12.1 Å². The number of hydrogen-bond donors (Lipinski definition) is 1. The fourth-order valence-corrected chi connectivity index (χ4v) is 5.00. The Morgan fingerprint density at radius 1 is 1.03 bits per heavy atom. The van der Waals surface area contributed by atoms with Crippen LogP contribution in [0.4, 0.5) is 0 Å². The third kappa shape index (κ3) is 3.69. The van der Waals surface area contributed by atoms with Gasteiger partial charge in [-0.1, -0.05) is 18.2 Å². The number of carbonyl (C=O) groups excluding carboxylic acids is 2. The molecular formula is C24H22N6O2S. The number of amides is 2. The molecule has 2 aliphatic rings. The van der Waals surface area contributed by atoms with Crippen molar-refractivity contribution in [2.75, 3.05) is 26.2 Å². The van der Waals surface area contributed by atoms with Crippen molar-refractivity contribution in [1.29, 1.82) is 0 Å². The Morgan fingerprint density at radius 3 is 2.61 bits per heavy atom. The Kier molecular flexibility index (Phi) is 4.92. The van der Waals surface area contributed by atoms with Crippen LogP contribution >= 0.6 is 11.3 Å². The van der Waals surface area contributed by atoms with Crippen molar-refractivity contribution in [3.8, 4) is 5.69 Å². The number of nitrogens with zero attached hydrogens (tertiary/aromatic N) is 5. The van der Waals surface area contributed by atoms with Crippen molar-refractivity contribution < 1.29 is 9.59 Å². The first-order valence-corrected chi connectivity index (χ1v) is 11.8. The van der Waals surface area contributed by atoms with Crippen LogP contribution in [0.15, 0.2) is 66.3 Å². The summed E-state index contributed by atoms with van der Waals surface area (Å²) in [4.78, 5) is 33.3. The van der Waals surface area contributed by atoms with Crippen LogP contribution in [-0.4, -0.2) is 74.6 Å². The van der Waals surface area contributed by atoms with E-state index in [0.717, 1.165) is 29.7 Å². The van der Waals surface area contributed by atoms with Crippen molar-refractivity contribution in [2.24, 2.45) is 0 Å². The van der Waals surface area contributed by atoms with Crippen LogP contribution < -0.4 is 5.32 Å². The number of rotatable bonds is 5. The highest BCUT2D eigenvalue weighted by Crippen LogP contribution is 2.25. The maximum Gasteiger partial charge on any atom is 0.280 e. The van der Waals surface area contributed by atoms with Crippen LogP contribution in [0.25, 0.3) is 16.6 Å². The maximum absolute atomic E-state index is 13.0. The number of fused-ring (bicyclic) bond motifs is 1. The van der Waals surface area contributed by atoms with E-state index in [4.69, 9.17) is 0 Å². The maximum atomic E-state index is 13.0. The molecule has 1 N–H and O–H groups in total. The normalized spacial score (nSPS) is 17.0. The molecule has 6 rings (SSSR count). The first-order chi connectivity index (χ1) is 16.2. The lowest BCUT2D eigenvalue weighted by Gasteiger charge is -2.51. The summed E-state index contributed by atoms with van der Waals surface area (Å²) in [5.74, 6) is -0.0548. The van der Waals surface area contributed by atoms with Gasteiger partial charge in [-0.2, -0.15) is 5.10 Å². The van der Waals surface area contributed by atoms with Gasteiger partial charge in [0.25, 0.3) is 11.8 Å². The third-order valence-electron chi connectivity index (χ3n) is 6.35. The summed E-state index contributed by atoms with van der Waals surface area (Å²) in [6.45, 7) is 3.06. The zero-order chi connectivity index (χ0) is 22.4. The van der Waals surface area contributed by atoms with Crippen LogP contribution in [-0.2, 0) is 0 Å². The zero-order valence-electron chi connectivity index (χ0n) is 17.8. The lowest BCUT2D eigenvalue weighted by Crippen LogP contribution is -2.70. The van der Waals surface area contributed by atoms with E-state index in [1.807, 2.05) is 58.1 Å². The molecule has 2 saturated heterocycles. The number of benzene rings is 2. The Morgan fingerprint density at radius 2 is 1.85 bits per heavy atom. The number of carbonyl (C=O) groups is 2. The van der Waals surface area contributed by atoms with Crippen LogP contribution in [0.1, 0.15) is 20.2 Å². The topological polar surface area (TPSA) is 83.4 Å². The molecular weight excluding hydrogens is 436 g/mol. The molecule has 9 heteroatoms. The van der Waals surface area contributed by atoms with Gasteiger partial charge < -0.3 is 10.2 Å². The van der Waals surface area contributed by atoms with E-state index < -0.39 is 0 Å². The van der Waals surface area contributed by atoms with Crippen LogP contribution in [0.2, 0.25) is 0 Å². The molecule has 0 spiro atoms. The fraction of sp³-hybridized carbons (Fsp3) is 0.250. The Labute approximate surface area is 194 Å². The number of likely N-dealkylation sites (tertiary alicyclic amines) is 2. The van der Waals surface area contributed by atoms with E-state index in [9.17, 15) is 9.59 Å². The quantitative estimate of drug-likeness (QED) is 0.497. The van der Waals surface area contributed by atoms with Gasteiger partial charge in [-0.15, -0.1) is 11.3 Å². The average Bonchev–Trinajstić information content (AvgIpc) is 3.46. The molecule has 2 aromatic carbocycles. The molecule has 4 heterocycles. The summed E-state index contributed by atoms with van der Waals surface area (Å²) in [5, 5.41) is 10.8. The van der Waals surface area contributed by atoms with Crippen LogP contribution in [0, 0.1) is 0 Å². The minimum absolute atomic E-state index is 0.0507. The van der Waals surface area contributed by atoms with E-state index >= 15 is 0 Å². The monoisotopic (exact) mass is 458 g/mol. The molecule has 0 aliphatic carbocycles. The first kappa shape index (κ1) is 20.1. The summed E-state index contributed by atoms with van der Waals surface area (Å²) >= 11 is 1.35. The summed E-state index contributed by atoms with van der Waals surface area (Å²) < 4.78 is 1.89. The third-order valence-corrected chi connectivity index (χ3v) is 7.13. The molecule has 166 valence electrons. The van der Waals surface area contributed by atoms with Gasteiger partial charge in [0.05, 0.1) is 23.4 Å². The van der Waals surface area contributed by atoms with E-state index in [-0.39, 0.29) is 17.9 Å². The molecule has 0 radical (unpaired) electrons. The number of hydrogen-bond acceptors (Lipinski definition) is 6. The number of nitrogens with one attached hydrogen (secondary N) is 1. The van der Waals surface area contributed by atoms with Crippen molar-refractivity contribution in [3.63, 3.8) is 0 Å². The fourth-order valence-electron chi connectivity index (χ4n) is 4.46. The Bertz CT molecular complexity index is 1310. The summed E-state index contributed by atoms with van der Waals surface area (Å²) in [6, 6.07) is 16.2. The second-order valence-electron chi connectivity index (χ2n) is 8.49.